The highest BCUT2D eigenvalue weighted by molar-refractivity contribution is 14.0. The van der Waals surface area contributed by atoms with E-state index in [1.165, 1.54) is 4.88 Å². The summed E-state index contributed by atoms with van der Waals surface area (Å²) >= 11 is 1.75. The molecule has 27 heavy (non-hydrogen) atoms. The van der Waals surface area contributed by atoms with Crippen molar-refractivity contribution in [2.75, 3.05) is 19.7 Å². The average molecular weight is 502 g/mol. The number of benzene rings is 1. The van der Waals surface area contributed by atoms with Gasteiger partial charge in [-0.25, -0.2) is 9.98 Å². The summed E-state index contributed by atoms with van der Waals surface area (Å²) in [5.41, 5.74) is 1.16. The van der Waals surface area contributed by atoms with Gasteiger partial charge in [0, 0.05) is 30.6 Å². The van der Waals surface area contributed by atoms with Gasteiger partial charge in [-0.2, -0.15) is 0 Å². The molecule has 1 heterocycles. The van der Waals surface area contributed by atoms with E-state index >= 15 is 0 Å². The molecule has 0 saturated heterocycles. The lowest BCUT2D eigenvalue weighted by molar-refractivity contribution is 0.271. The normalized spacial score (nSPS) is 11.2. The quantitative estimate of drug-likeness (QED) is 0.303. The summed E-state index contributed by atoms with van der Waals surface area (Å²) in [6.45, 7) is 11.5. The van der Waals surface area contributed by atoms with Gasteiger partial charge >= 0.3 is 0 Å². The minimum absolute atomic E-state index is 0. The predicted octanol–water partition coefficient (Wildman–Crippen LogP) is 4.40. The highest BCUT2D eigenvalue weighted by Crippen LogP contribution is 2.14. The van der Waals surface area contributed by atoms with Crippen LogP contribution in [0.2, 0.25) is 0 Å². The lowest BCUT2D eigenvalue weighted by Crippen LogP contribution is -2.38. The average Bonchev–Trinajstić information content (AvgIpc) is 3.04. The second-order valence-corrected chi connectivity index (χ2v) is 7.90. The van der Waals surface area contributed by atoms with Crippen molar-refractivity contribution in [3.63, 3.8) is 0 Å². The molecule has 0 aliphatic carbocycles. The Labute approximate surface area is 184 Å². The molecule has 2 aromatic rings. The van der Waals surface area contributed by atoms with Crippen molar-refractivity contribution < 1.29 is 4.74 Å². The summed E-state index contributed by atoms with van der Waals surface area (Å²) in [5.74, 6) is 2.28. The molecular formula is C20H31IN4OS. The number of aryl methyl sites for hydroxylation is 1. The van der Waals surface area contributed by atoms with Crippen LogP contribution in [-0.4, -0.2) is 30.6 Å². The SMILES string of the molecule is CCNC(=NCc1ccc(OCC(C)C)cc1)NCCc1ncc(C)s1.I. The Morgan fingerprint density at radius 3 is 2.56 bits per heavy atom. The van der Waals surface area contributed by atoms with Gasteiger partial charge in [0.2, 0.25) is 0 Å². The second kappa shape index (κ2) is 12.9. The van der Waals surface area contributed by atoms with Crippen molar-refractivity contribution in [3.8, 4) is 5.75 Å². The van der Waals surface area contributed by atoms with Crippen LogP contribution >= 0.6 is 35.3 Å². The van der Waals surface area contributed by atoms with Crippen molar-refractivity contribution >= 4 is 41.3 Å². The first-order valence-electron chi connectivity index (χ1n) is 9.22. The first-order chi connectivity index (χ1) is 12.6. The van der Waals surface area contributed by atoms with Gasteiger partial charge in [0.15, 0.2) is 5.96 Å². The highest BCUT2D eigenvalue weighted by atomic mass is 127. The van der Waals surface area contributed by atoms with E-state index in [9.17, 15) is 0 Å². The van der Waals surface area contributed by atoms with Crippen molar-refractivity contribution in [1.29, 1.82) is 0 Å². The Morgan fingerprint density at radius 2 is 1.96 bits per heavy atom. The number of aliphatic imine (C=N–C) groups is 1. The molecule has 0 saturated carbocycles. The molecule has 0 unspecified atom stereocenters. The van der Waals surface area contributed by atoms with Crippen LogP contribution in [0.25, 0.3) is 0 Å². The minimum Gasteiger partial charge on any atom is -0.493 e. The summed E-state index contributed by atoms with van der Waals surface area (Å²) in [5, 5.41) is 7.81. The molecule has 0 aliphatic rings. The van der Waals surface area contributed by atoms with E-state index < -0.39 is 0 Å². The van der Waals surface area contributed by atoms with Gasteiger partial charge in [-0.15, -0.1) is 35.3 Å². The van der Waals surface area contributed by atoms with Crippen LogP contribution < -0.4 is 15.4 Å². The third-order valence-corrected chi connectivity index (χ3v) is 4.54. The number of hydrogen-bond donors (Lipinski definition) is 2. The topological polar surface area (TPSA) is 58.5 Å². The van der Waals surface area contributed by atoms with Gasteiger partial charge in [0.25, 0.3) is 0 Å². The summed E-state index contributed by atoms with van der Waals surface area (Å²) in [7, 11) is 0. The number of thiazole rings is 1. The standard InChI is InChI=1S/C20H30N4OS.HI/c1-5-21-20(22-11-10-19-23-12-16(4)26-19)24-13-17-6-8-18(9-7-17)25-14-15(2)3;/h6-9,12,15H,5,10-11,13-14H2,1-4H3,(H2,21,22,24);1H. The molecule has 0 bridgehead atoms. The Kier molecular flexibility index (Phi) is 11.3. The van der Waals surface area contributed by atoms with E-state index in [0.717, 1.165) is 48.4 Å². The first kappa shape index (κ1) is 23.7. The lowest BCUT2D eigenvalue weighted by atomic mass is 10.2. The summed E-state index contributed by atoms with van der Waals surface area (Å²) in [4.78, 5) is 10.3. The number of aromatic nitrogens is 1. The number of halogens is 1. The van der Waals surface area contributed by atoms with E-state index in [1.807, 2.05) is 18.3 Å². The molecule has 0 aliphatic heterocycles. The van der Waals surface area contributed by atoms with Crippen LogP contribution in [0.15, 0.2) is 35.5 Å². The fourth-order valence-electron chi connectivity index (χ4n) is 2.27. The lowest BCUT2D eigenvalue weighted by Gasteiger charge is -2.11. The first-order valence-corrected chi connectivity index (χ1v) is 10.0. The van der Waals surface area contributed by atoms with Crippen LogP contribution in [0, 0.1) is 12.8 Å². The van der Waals surface area contributed by atoms with Crippen LogP contribution in [0.1, 0.15) is 36.2 Å². The monoisotopic (exact) mass is 502 g/mol. The molecule has 0 fully saturated rings. The van der Waals surface area contributed by atoms with Crippen LogP contribution in [0.3, 0.4) is 0 Å². The van der Waals surface area contributed by atoms with Crippen LogP contribution in [0.4, 0.5) is 0 Å². The zero-order chi connectivity index (χ0) is 18.8. The predicted molar refractivity (Wildman–Crippen MR) is 126 cm³/mol. The molecule has 1 aromatic carbocycles. The van der Waals surface area contributed by atoms with Crippen LogP contribution in [-0.2, 0) is 13.0 Å². The summed E-state index contributed by atoms with van der Waals surface area (Å²) in [6.07, 6.45) is 2.83. The number of guanidine groups is 1. The zero-order valence-electron chi connectivity index (χ0n) is 16.6. The number of hydrogen-bond acceptors (Lipinski definition) is 4. The summed E-state index contributed by atoms with van der Waals surface area (Å²) in [6, 6.07) is 8.17. The molecule has 5 nitrogen and oxygen atoms in total. The smallest absolute Gasteiger partial charge is 0.191 e. The molecule has 7 heteroatoms. The van der Waals surface area contributed by atoms with E-state index in [-0.39, 0.29) is 24.0 Å². The van der Waals surface area contributed by atoms with E-state index in [0.29, 0.717) is 12.5 Å². The Morgan fingerprint density at radius 1 is 1.22 bits per heavy atom. The third kappa shape index (κ3) is 9.41. The van der Waals surface area contributed by atoms with Crippen molar-refractivity contribution in [3.05, 3.63) is 45.9 Å². The Bertz CT molecular complexity index is 686. The largest absolute Gasteiger partial charge is 0.493 e. The second-order valence-electron chi connectivity index (χ2n) is 6.59. The van der Waals surface area contributed by atoms with Crippen molar-refractivity contribution in [2.45, 2.75) is 40.7 Å². The molecule has 0 spiro atoms. The Hall–Kier alpha value is -1.35. The molecule has 0 amide bonds. The summed E-state index contributed by atoms with van der Waals surface area (Å²) < 4.78 is 5.72. The number of ether oxygens (including phenoxy) is 1. The fraction of sp³-hybridized carbons (Fsp3) is 0.500. The maximum Gasteiger partial charge on any atom is 0.191 e. The van der Waals surface area contributed by atoms with Gasteiger partial charge in [0.1, 0.15) is 5.75 Å². The van der Waals surface area contributed by atoms with Gasteiger partial charge in [-0.05, 0) is 37.5 Å². The van der Waals surface area contributed by atoms with Crippen LogP contribution in [0.5, 0.6) is 5.75 Å². The van der Waals surface area contributed by atoms with E-state index in [4.69, 9.17) is 4.74 Å². The minimum atomic E-state index is 0. The highest BCUT2D eigenvalue weighted by Gasteiger charge is 2.02. The molecule has 1 aromatic heterocycles. The Balaban J connectivity index is 0.00000364. The van der Waals surface area contributed by atoms with Gasteiger partial charge in [-0.3, -0.25) is 0 Å². The zero-order valence-corrected chi connectivity index (χ0v) is 19.8. The molecular weight excluding hydrogens is 471 g/mol. The molecule has 2 rings (SSSR count). The molecule has 0 radical (unpaired) electrons. The maximum absolute atomic E-state index is 5.72. The number of nitrogens with zero attached hydrogens (tertiary/aromatic N) is 2. The van der Waals surface area contributed by atoms with E-state index in [1.54, 1.807) is 11.3 Å². The third-order valence-electron chi connectivity index (χ3n) is 3.57. The van der Waals surface area contributed by atoms with Gasteiger partial charge < -0.3 is 15.4 Å². The molecule has 150 valence electrons. The molecule has 0 atom stereocenters. The number of nitrogens with one attached hydrogen (secondary N) is 2. The van der Waals surface area contributed by atoms with Gasteiger partial charge in [-0.1, -0.05) is 26.0 Å². The van der Waals surface area contributed by atoms with Crippen molar-refractivity contribution in [1.82, 2.24) is 15.6 Å². The van der Waals surface area contributed by atoms with E-state index in [2.05, 4.69) is 60.4 Å². The molecule has 2 N–H and O–H groups in total. The number of rotatable bonds is 9. The fourth-order valence-corrected chi connectivity index (χ4v) is 3.06. The van der Waals surface area contributed by atoms with Gasteiger partial charge in [0.05, 0.1) is 18.2 Å². The maximum atomic E-state index is 5.72. The van der Waals surface area contributed by atoms with Crippen molar-refractivity contribution in [2.24, 2.45) is 10.9 Å².